The minimum atomic E-state index is -0.385. The highest BCUT2D eigenvalue weighted by Gasteiger charge is 2.19. The Morgan fingerprint density at radius 3 is 2.55 bits per heavy atom. The first kappa shape index (κ1) is 22.2. The van der Waals surface area contributed by atoms with Crippen LogP contribution < -0.4 is 15.0 Å². The van der Waals surface area contributed by atoms with Gasteiger partial charge in [-0.25, -0.2) is 4.98 Å². The highest BCUT2D eigenvalue weighted by molar-refractivity contribution is 7.99. The van der Waals surface area contributed by atoms with Crippen molar-refractivity contribution in [3.8, 4) is 28.7 Å². The van der Waals surface area contributed by atoms with Crippen LogP contribution in [0.5, 0.6) is 23.0 Å². The highest BCUT2D eigenvalue weighted by Crippen LogP contribution is 2.31. The van der Waals surface area contributed by atoms with Crippen LogP contribution in [0.4, 0.5) is 0 Å². The van der Waals surface area contributed by atoms with Gasteiger partial charge in [0.1, 0.15) is 23.0 Å². The number of Topliss-reactive ketones (excluding diaryl/α,β-unsaturated/α-hetero) is 1. The Hall–Kier alpha value is -3.98. The van der Waals surface area contributed by atoms with Crippen LogP contribution in [-0.2, 0) is 0 Å². The topological polar surface area (TPSA) is 111 Å². The van der Waals surface area contributed by atoms with Gasteiger partial charge in [-0.3, -0.25) is 14.2 Å². The van der Waals surface area contributed by atoms with Crippen molar-refractivity contribution in [1.82, 2.24) is 9.55 Å². The molecule has 0 aliphatic rings. The average Bonchev–Trinajstić information content (AvgIpc) is 2.82. The van der Waals surface area contributed by atoms with Crippen molar-refractivity contribution in [2.75, 3.05) is 20.0 Å². The van der Waals surface area contributed by atoms with Gasteiger partial charge in [0.2, 0.25) is 0 Å². The maximum Gasteiger partial charge on any atom is 0.266 e. The third kappa shape index (κ3) is 4.35. The summed E-state index contributed by atoms with van der Waals surface area (Å²) < 4.78 is 12.2. The van der Waals surface area contributed by atoms with Gasteiger partial charge in [-0.1, -0.05) is 23.9 Å². The van der Waals surface area contributed by atoms with E-state index in [9.17, 15) is 19.8 Å². The van der Waals surface area contributed by atoms with Crippen molar-refractivity contribution in [3.05, 3.63) is 76.6 Å². The van der Waals surface area contributed by atoms with E-state index in [1.807, 2.05) is 0 Å². The van der Waals surface area contributed by atoms with E-state index < -0.39 is 0 Å². The summed E-state index contributed by atoms with van der Waals surface area (Å²) in [4.78, 5) is 30.9. The number of hydrogen-bond acceptors (Lipinski definition) is 8. The predicted molar refractivity (Wildman–Crippen MR) is 125 cm³/mol. The standard InChI is InChI=1S/C24H20N2O6S/c1-31-15-8-10-22(32-2)19(12-15)26-23(30)16-5-3-4-6-18(16)25-24(26)33-13-21(29)17-9-7-14(27)11-20(17)28/h3-12,27-28H,13H2,1-2H3. The number of fused-ring (bicyclic) bond motifs is 1. The first-order chi connectivity index (χ1) is 15.9. The zero-order valence-electron chi connectivity index (χ0n) is 17.8. The lowest BCUT2D eigenvalue weighted by Gasteiger charge is -2.16. The molecule has 4 rings (SSSR count). The Bertz CT molecular complexity index is 1420. The number of thioether (sulfide) groups is 1. The Kier molecular flexibility index (Phi) is 6.23. The number of rotatable bonds is 7. The van der Waals surface area contributed by atoms with E-state index in [0.717, 1.165) is 17.8 Å². The van der Waals surface area contributed by atoms with E-state index in [0.29, 0.717) is 28.1 Å². The number of aromatic hydroxyl groups is 2. The van der Waals surface area contributed by atoms with Crippen LogP contribution in [0, 0.1) is 0 Å². The molecule has 9 heteroatoms. The van der Waals surface area contributed by atoms with Crippen LogP contribution in [-0.4, -0.2) is 45.5 Å². The summed E-state index contributed by atoms with van der Waals surface area (Å²) in [5, 5.41) is 20.2. The molecular weight excluding hydrogens is 444 g/mol. The van der Waals surface area contributed by atoms with Crippen molar-refractivity contribution >= 4 is 28.4 Å². The van der Waals surface area contributed by atoms with Gasteiger partial charge in [-0.2, -0.15) is 0 Å². The van der Waals surface area contributed by atoms with Crippen molar-refractivity contribution in [2.45, 2.75) is 5.16 Å². The number of phenolic OH excluding ortho intramolecular Hbond substituents is 2. The molecule has 2 N–H and O–H groups in total. The van der Waals surface area contributed by atoms with Crippen molar-refractivity contribution < 1.29 is 24.5 Å². The van der Waals surface area contributed by atoms with E-state index in [-0.39, 0.29) is 39.3 Å². The van der Waals surface area contributed by atoms with E-state index in [1.54, 1.807) is 42.5 Å². The first-order valence-corrected chi connectivity index (χ1v) is 10.8. The fourth-order valence-electron chi connectivity index (χ4n) is 3.36. The van der Waals surface area contributed by atoms with Gasteiger partial charge >= 0.3 is 0 Å². The molecule has 1 heterocycles. The molecule has 0 atom stereocenters. The molecule has 33 heavy (non-hydrogen) atoms. The van der Waals surface area contributed by atoms with Crippen LogP contribution in [0.1, 0.15) is 10.4 Å². The lowest BCUT2D eigenvalue weighted by atomic mass is 10.1. The number of ketones is 1. The largest absolute Gasteiger partial charge is 0.508 e. The summed E-state index contributed by atoms with van der Waals surface area (Å²) in [6.07, 6.45) is 0. The minimum absolute atomic E-state index is 0.0638. The second-order valence-electron chi connectivity index (χ2n) is 7.00. The third-order valence-electron chi connectivity index (χ3n) is 4.99. The van der Waals surface area contributed by atoms with Gasteiger partial charge in [0.15, 0.2) is 10.9 Å². The van der Waals surface area contributed by atoms with E-state index in [2.05, 4.69) is 4.98 Å². The van der Waals surface area contributed by atoms with Gasteiger partial charge in [0.05, 0.1) is 42.1 Å². The molecule has 0 aliphatic heterocycles. The number of methoxy groups -OCH3 is 2. The molecule has 0 fully saturated rings. The molecule has 0 amide bonds. The molecule has 0 saturated heterocycles. The van der Waals surface area contributed by atoms with Gasteiger partial charge in [-0.15, -0.1) is 0 Å². The van der Waals surface area contributed by atoms with E-state index >= 15 is 0 Å². The molecule has 3 aromatic carbocycles. The minimum Gasteiger partial charge on any atom is -0.508 e. The lowest BCUT2D eigenvalue weighted by Crippen LogP contribution is -2.23. The maximum atomic E-state index is 13.5. The van der Waals surface area contributed by atoms with Crippen LogP contribution in [0.3, 0.4) is 0 Å². The quantitative estimate of drug-likeness (QED) is 0.241. The summed E-state index contributed by atoms with van der Waals surface area (Å²) >= 11 is 1.05. The number of benzene rings is 3. The first-order valence-electron chi connectivity index (χ1n) is 9.85. The highest BCUT2D eigenvalue weighted by atomic mass is 32.2. The van der Waals surface area contributed by atoms with Crippen molar-refractivity contribution in [3.63, 3.8) is 0 Å². The fraction of sp³-hybridized carbons (Fsp3) is 0.125. The monoisotopic (exact) mass is 464 g/mol. The Morgan fingerprint density at radius 2 is 1.82 bits per heavy atom. The van der Waals surface area contributed by atoms with Crippen LogP contribution in [0.25, 0.3) is 16.6 Å². The lowest BCUT2D eigenvalue weighted by molar-refractivity contribution is 0.102. The molecule has 0 unspecified atom stereocenters. The Balaban J connectivity index is 1.83. The summed E-state index contributed by atoms with van der Waals surface area (Å²) in [5.41, 5.74) is 0.647. The molecular formula is C24H20N2O6S. The number of para-hydroxylation sites is 1. The molecule has 0 saturated carbocycles. The smallest absolute Gasteiger partial charge is 0.266 e. The number of carbonyl (C=O) groups is 1. The van der Waals surface area contributed by atoms with Gasteiger partial charge in [0.25, 0.3) is 5.56 Å². The van der Waals surface area contributed by atoms with Gasteiger partial charge < -0.3 is 19.7 Å². The van der Waals surface area contributed by atoms with Crippen LogP contribution in [0.15, 0.2) is 70.6 Å². The predicted octanol–water partition coefficient (Wildman–Crippen LogP) is 3.79. The summed E-state index contributed by atoms with van der Waals surface area (Å²) in [5.74, 6) is -0.00356. The number of phenols is 2. The number of carbonyl (C=O) groups excluding carboxylic acids is 1. The van der Waals surface area contributed by atoms with Gasteiger partial charge in [0, 0.05) is 12.1 Å². The third-order valence-corrected chi connectivity index (χ3v) is 5.92. The van der Waals surface area contributed by atoms with Crippen LogP contribution >= 0.6 is 11.8 Å². The SMILES string of the molecule is COc1ccc(OC)c(-n2c(SCC(=O)c3ccc(O)cc3O)nc3ccccc3c2=O)c1. The average molecular weight is 464 g/mol. The molecule has 0 radical (unpaired) electrons. The molecule has 1 aromatic heterocycles. The Morgan fingerprint density at radius 1 is 1.03 bits per heavy atom. The van der Waals surface area contributed by atoms with Gasteiger partial charge in [-0.05, 0) is 36.4 Å². The molecule has 0 bridgehead atoms. The second kappa shape index (κ2) is 9.25. The summed E-state index contributed by atoms with van der Waals surface area (Å²) in [6, 6.07) is 15.8. The van der Waals surface area contributed by atoms with Crippen molar-refractivity contribution in [1.29, 1.82) is 0 Å². The second-order valence-corrected chi connectivity index (χ2v) is 7.95. The normalized spacial score (nSPS) is 10.8. The number of hydrogen-bond donors (Lipinski definition) is 2. The molecule has 0 spiro atoms. The van der Waals surface area contributed by atoms with E-state index in [1.165, 1.54) is 30.9 Å². The zero-order valence-corrected chi connectivity index (χ0v) is 18.6. The Labute approximate surface area is 193 Å². The molecule has 168 valence electrons. The molecule has 8 nitrogen and oxygen atoms in total. The number of nitrogens with zero attached hydrogens (tertiary/aromatic N) is 2. The fourth-order valence-corrected chi connectivity index (χ4v) is 4.25. The van der Waals surface area contributed by atoms with Crippen LogP contribution in [0.2, 0.25) is 0 Å². The number of aromatic nitrogens is 2. The summed E-state index contributed by atoms with van der Waals surface area (Å²) in [7, 11) is 3.01. The van der Waals surface area contributed by atoms with E-state index in [4.69, 9.17) is 9.47 Å². The molecule has 4 aromatic rings. The van der Waals surface area contributed by atoms with Crippen molar-refractivity contribution in [2.24, 2.45) is 0 Å². The molecule has 0 aliphatic carbocycles. The zero-order chi connectivity index (χ0) is 23.5. The number of ether oxygens (including phenoxy) is 2. The summed E-state index contributed by atoms with van der Waals surface area (Å²) in [6.45, 7) is 0. The maximum absolute atomic E-state index is 13.5.